The highest BCUT2D eigenvalue weighted by Gasteiger charge is 2.25. The summed E-state index contributed by atoms with van der Waals surface area (Å²) < 4.78 is 35.2. The summed E-state index contributed by atoms with van der Waals surface area (Å²) in [6.07, 6.45) is 0.641. The van der Waals surface area contributed by atoms with Crippen molar-refractivity contribution in [1.82, 2.24) is 14.2 Å². The number of carbonyl (C=O) groups is 1. The fourth-order valence-corrected chi connectivity index (χ4v) is 5.42. The van der Waals surface area contributed by atoms with Crippen molar-refractivity contribution in [3.8, 4) is 0 Å². The first kappa shape index (κ1) is 21.0. The van der Waals surface area contributed by atoms with Gasteiger partial charge in [0.25, 0.3) is 0 Å². The SMILES string of the molecule is CCC(C)(C)NS(=O)(=O)c1ccc2c(c1)sc(=O)n2CC(=O)N1CCOCC1. The van der Waals surface area contributed by atoms with Gasteiger partial charge in [0.1, 0.15) is 6.54 Å². The third-order valence-corrected chi connectivity index (χ3v) is 7.54. The Balaban J connectivity index is 1.89. The number of hydrogen-bond acceptors (Lipinski definition) is 6. The summed E-state index contributed by atoms with van der Waals surface area (Å²) in [4.78, 5) is 26.4. The molecule has 0 saturated carbocycles. The molecule has 1 N–H and O–H groups in total. The number of nitrogens with one attached hydrogen (secondary N) is 1. The van der Waals surface area contributed by atoms with Crippen LogP contribution >= 0.6 is 11.3 Å². The van der Waals surface area contributed by atoms with Gasteiger partial charge in [0.05, 0.1) is 28.3 Å². The van der Waals surface area contributed by atoms with Crippen LogP contribution in [0.25, 0.3) is 10.2 Å². The number of hydrogen-bond donors (Lipinski definition) is 1. The van der Waals surface area contributed by atoms with Crippen molar-refractivity contribution in [2.24, 2.45) is 0 Å². The normalized spacial score (nSPS) is 15.9. The van der Waals surface area contributed by atoms with Gasteiger partial charge < -0.3 is 9.64 Å². The Morgan fingerprint density at radius 1 is 1.29 bits per heavy atom. The number of amides is 1. The quantitative estimate of drug-likeness (QED) is 0.751. The summed E-state index contributed by atoms with van der Waals surface area (Å²) >= 11 is 0.941. The van der Waals surface area contributed by atoms with Gasteiger partial charge in [0, 0.05) is 18.6 Å². The summed E-state index contributed by atoms with van der Waals surface area (Å²) in [5, 5.41) is 0. The van der Waals surface area contributed by atoms with Crippen LogP contribution in [-0.4, -0.2) is 55.6 Å². The number of aromatic nitrogens is 1. The average Bonchev–Trinajstić information content (AvgIpc) is 2.96. The lowest BCUT2D eigenvalue weighted by Crippen LogP contribution is -2.43. The maximum atomic E-state index is 12.7. The molecule has 1 aliphatic heterocycles. The van der Waals surface area contributed by atoms with E-state index in [1.807, 2.05) is 20.8 Å². The molecule has 28 heavy (non-hydrogen) atoms. The summed E-state index contributed by atoms with van der Waals surface area (Å²) in [7, 11) is -3.71. The van der Waals surface area contributed by atoms with Gasteiger partial charge in [-0.3, -0.25) is 14.2 Å². The Labute approximate surface area is 168 Å². The predicted octanol–water partition coefficient (Wildman–Crippen LogP) is 1.39. The fraction of sp³-hybridized carbons (Fsp3) is 0.556. The van der Waals surface area contributed by atoms with E-state index in [1.165, 1.54) is 16.7 Å². The molecule has 0 bridgehead atoms. The largest absolute Gasteiger partial charge is 0.378 e. The molecular weight excluding hydrogens is 402 g/mol. The highest BCUT2D eigenvalue weighted by molar-refractivity contribution is 7.89. The third kappa shape index (κ3) is 4.45. The van der Waals surface area contributed by atoms with E-state index in [9.17, 15) is 18.0 Å². The van der Waals surface area contributed by atoms with Gasteiger partial charge in [-0.25, -0.2) is 13.1 Å². The van der Waals surface area contributed by atoms with E-state index in [0.717, 1.165) is 11.3 Å². The number of morpholine rings is 1. The van der Waals surface area contributed by atoms with E-state index in [4.69, 9.17) is 4.74 Å². The van der Waals surface area contributed by atoms with Gasteiger partial charge in [-0.2, -0.15) is 0 Å². The zero-order chi connectivity index (χ0) is 20.5. The molecule has 10 heteroatoms. The molecule has 1 amide bonds. The second-order valence-corrected chi connectivity index (χ2v) is 10.1. The van der Waals surface area contributed by atoms with Gasteiger partial charge >= 0.3 is 4.87 Å². The van der Waals surface area contributed by atoms with Crippen molar-refractivity contribution >= 4 is 37.5 Å². The van der Waals surface area contributed by atoms with E-state index in [0.29, 0.717) is 42.9 Å². The number of ether oxygens (including phenoxy) is 1. The van der Waals surface area contributed by atoms with E-state index in [-0.39, 0.29) is 22.2 Å². The Kier molecular flexibility index (Phi) is 5.95. The molecule has 2 heterocycles. The number of rotatable bonds is 6. The zero-order valence-electron chi connectivity index (χ0n) is 16.2. The molecule has 0 unspecified atom stereocenters. The Hall–Kier alpha value is -1.75. The Morgan fingerprint density at radius 3 is 2.61 bits per heavy atom. The molecule has 0 aliphatic carbocycles. The molecular formula is C18H25N3O5S2. The number of thiazole rings is 1. The summed E-state index contributed by atoms with van der Waals surface area (Å²) in [5.74, 6) is -0.145. The zero-order valence-corrected chi connectivity index (χ0v) is 17.9. The Morgan fingerprint density at radius 2 is 1.96 bits per heavy atom. The van der Waals surface area contributed by atoms with Gasteiger partial charge in [-0.05, 0) is 38.5 Å². The predicted molar refractivity (Wildman–Crippen MR) is 108 cm³/mol. The lowest BCUT2D eigenvalue weighted by molar-refractivity contribution is -0.135. The van der Waals surface area contributed by atoms with E-state index >= 15 is 0 Å². The van der Waals surface area contributed by atoms with Crippen LogP contribution in [0.2, 0.25) is 0 Å². The van der Waals surface area contributed by atoms with Crippen molar-refractivity contribution in [2.75, 3.05) is 26.3 Å². The topological polar surface area (TPSA) is 97.7 Å². The fourth-order valence-electron chi connectivity index (χ4n) is 2.91. The molecule has 1 saturated heterocycles. The molecule has 2 aromatic rings. The van der Waals surface area contributed by atoms with Gasteiger partial charge in [0.15, 0.2) is 0 Å². The minimum absolute atomic E-state index is 0.0634. The third-order valence-electron chi connectivity index (χ3n) is 4.90. The van der Waals surface area contributed by atoms with Crippen molar-refractivity contribution in [2.45, 2.75) is 44.2 Å². The number of nitrogens with zero attached hydrogens (tertiary/aromatic N) is 2. The molecule has 1 aliphatic rings. The van der Waals surface area contributed by atoms with Gasteiger partial charge in [0.2, 0.25) is 15.9 Å². The first-order valence-corrected chi connectivity index (χ1v) is 11.5. The van der Waals surface area contributed by atoms with Crippen LogP contribution in [0.5, 0.6) is 0 Å². The monoisotopic (exact) mass is 427 g/mol. The van der Waals surface area contributed by atoms with Crippen molar-refractivity contribution in [3.63, 3.8) is 0 Å². The maximum absolute atomic E-state index is 12.7. The highest BCUT2D eigenvalue weighted by atomic mass is 32.2. The van der Waals surface area contributed by atoms with E-state index < -0.39 is 15.6 Å². The molecule has 0 spiro atoms. The van der Waals surface area contributed by atoms with Crippen LogP contribution in [0.1, 0.15) is 27.2 Å². The second-order valence-electron chi connectivity index (χ2n) is 7.42. The number of carbonyl (C=O) groups excluding carboxylic acids is 1. The molecule has 1 aromatic heterocycles. The lowest BCUT2D eigenvalue weighted by atomic mass is 10.0. The standard InChI is InChI=1S/C18H25N3O5S2/c1-4-18(2,3)19-28(24,25)13-5-6-14-15(11-13)27-17(23)21(14)12-16(22)20-7-9-26-10-8-20/h5-6,11,19H,4,7-10,12H2,1-3H3. The highest BCUT2D eigenvalue weighted by Crippen LogP contribution is 2.23. The van der Waals surface area contributed by atoms with Gasteiger partial charge in [-0.1, -0.05) is 18.3 Å². The molecule has 1 aromatic carbocycles. The second kappa shape index (κ2) is 7.94. The molecule has 0 atom stereocenters. The molecule has 3 rings (SSSR count). The molecule has 1 fully saturated rings. The van der Waals surface area contributed by atoms with Crippen molar-refractivity contribution in [3.05, 3.63) is 27.9 Å². The smallest absolute Gasteiger partial charge is 0.308 e. The van der Waals surface area contributed by atoms with Gasteiger partial charge in [-0.15, -0.1) is 0 Å². The summed E-state index contributed by atoms with van der Waals surface area (Å²) in [6, 6.07) is 4.55. The summed E-state index contributed by atoms with van der Waals surface area (Å²) in [5.41, 5.74) is -0.0115. The molecule has 0 radical (unpaired) electrons. The number of fused-ring (bicyclic) bond motifs is 1. The van der Waals surface area contributed by atoms with Crippen LogP contribution in [0.4, 0.5) is 0 Å². The number of sulfonamides is 1. The van der Waals surface area contributed by atoms with Crippen LogP contribution in [-0.2, 0) is 26.1 Å². The van der Waals surface area contributed by atoms with E-state index in [1.54, 1.807) is 11.0 Å². The van der Waals surface area contributed by atoms with Crippen LogP contribution in [0, 0.1) is 0 Å². The van der Waals surface area contributed by atoms with E-state index in [2.05, 4.69) is 4.72 Å². The maximum Gasteiger partial charge on any atom is 0.308 e. The molecule has 154 valence electrons. The van der Waals surface area contributed by atoms with Crippen LogP contribution < -0.4 is 9.60 Å². The van der Waals surface area contributed by atoms with Crippen molar-refractivity contribution < 1.29 is 17.9 Å². The first-order valence-electron chi connectivity index (χ1n) is 9.16. The van der Waals surface area contributed by atoms with Crippen LogP contribution in [0.3, 0.4) is 0 Å². The number of benzene rings is 1. The van der Waals surface area contributed by atoms with Crippen molar-refractivity contribution in [1.29, 1.82) is 0 Å². The van der Waals surface area contributed by atoms with Crippen LogP contribution in [0.15, 0.2) is 27.9 Å². The Bertz CT molecular complexity index is 1030. The minimum atomic E-state index is -3.71. The minimum Gasteiger partial charge on any atom is -0.378 e. The lowest BCUT2D eigenvalue weighted by Gasteiger charge is -2.26. The summed E-state index contributed by atoms with van der Waals surface area (Å²) in [6.45, 7) is 7.48. The average molecular weight is 428 g/mol. The first-order chi connectivity index (χ1) is 13.1. The molecule has 8 nitrogen and oxygen atoms in total.